The molecule has 0 saturated heterocycles. The molecule has 0 atom stereocenters. The highest BCUT2D eigenvalue weighted by Crippen LogP contribution is 2.26. The van der Waals surface area contributed by atoms with E-state index in [0.717, 1.165) is 36.5 Å². The fourth-order valence-electron chi connectivity index (χ4n) is 2.83. The maximum absolute atomic E-state index is 12.2. The average molecular weight is 474 g/mol. The van der Waals surface area contributed by atoms with Gasteiger partial charge in [0, 0.05) is 22.7 Å². The largest absolute Gasteiger partial charge is 0.497 e. The minimum Gasteiger partial charge on any atom is -0.497 e. The van der Waals surface area contributed by atoms with Gasteiger partial charge in [-0.25, -0.2) is 0 Å². The van der Waals surface area contributed by atoms with Gasteiger partial charge < -0.3 is 9.30 Å². The monoisotopic (exact) mass is 473 g/mol. The maximum atomic E-state index is 12.2. The molecule has 1 aromatic heterocycles. The second-order valence-corrected chi connectivity index (χ2v) is 8.22. The van der Waals surface area contributed by atoms with Crippen LogP contribution < -0.4 is 15.6 Å². The van der Waals surface area contributed by atoms with E-state index in [0.29, 0.717) is 15.7 Å². The van der Waals surface area contributed by atoms with Crippen molar-refractivity contribution >= 4 is 35.2 Å². The quantitative estimate of drug-likeness (QED) is 0.360. The summed E-state index contributed by atoms with van der Waals surface area (Å²) in [6, 6.07) is 14.0. The number of amides is 2. The first-order valence-corrected chi connectivity index (χ1v) is 11.4. The number of halogens is 1. The number of carbonyl (C=O) groups is 2. The summed E-state index contributed by atoms with van der Waals surface area (Å²) < 4.78 is 7.23. The summed E-state index contributed by atoms with van der Waals surface area (Å²) in [6.07, 6.45) is 1.97. The second-order valence-electron chi connectivity index (χ2n) is 6.84. The molecule has 0 spiro atoms. The van der Waals surface area contributed by atoms with Gasteiger partial charge >= 0.3 is 0 Å². The van der Waals surface area contributed by atoms with E-state index in [4.69, 9.17) is 16.3 Å². The second kappa shape index (κ2) is 11.5. The number of hydrogen-bond donors (Lipinski definition) is 2. The van der Waals surface area contributed by atoms with Gasteiger partial charge in [0.1, 0.15) is 5.75 Å². The molecule has 3 rings (SSSR count). The first-order valence-electron chi connectivity index (χ1n) is 10.1. The van der Waals surface area contributed by atoms with E-state index in [1.165, 1.54) is 11.8 Å². The molecule has 3 aromatic rings. The summed E-state index contributed by atoms with van der Waals surface area (Å²) in [5.74, 6) is 0.801. The Morgan fingerprint density at radius 2 is 1.78 bits per heavy atom. The number of unbranched alkanes of at least 4 members (excludes halogenated alkanes) is 1. The third-order valence-corrected chi connectivity index (χ3v) is 5.77. The van der Waals surface area contributed by atoms with Crippen LogP contribution in [0.1, 0.15) is 30.1 Å². The van der Waals surface area contributed by atoms with E-state index in [-0.39, 0.29) is 11.7 Å². The number of benzene rings is 2. The molecule has 0 saturated carbocycles. The van der Waals surface area contributed by atoms with Gasteiger partial charge in [0.25, 0.3) is 5.91 Å². The minimum atomic E-state index is -0.423. The zero-order valence-corrected chi connectivity index (χ0v) is 19.4. The highest BCUT2D eigenvalue weighted by atomic mass is 35.5. The molecule has 0 fully saturated rings. The summed E-state index contributed by atoms with van der Waals surface area (Å²) in [5.41, 5.74) is 6.12. The molecule has 10 heteroatoms. The van der Waals surface area contributed by atoms with Crippen molar-refractivity contribution in [1.82, 2.24) is 25.6 Å². The van der Waals surface area contributed by atoms with Crippen LogP contribution in [0.5, 0.6) is 5.75 Å². The number of thioether (sulfide) groups is 1. The zero-order chi connectivity index (χ0) is 22.9. The molecule has 2 N–H and O–H groups in total. The number of carbonyl (C=O) groups excluding carboxylic acids is 2. The number of nitrogens with zero attached hydrogens (tertiary/aromatic N) is 3. The first-order chi connectivity index (χ1) is 15.5. The van der Waals surface area contributed by atoms with Crippen LogP contribution in [-0.2, 0) is 11.3 Å². The number of nitrogens with one attached hydrogen (secondary N) is 2. The normalized spacial score (nSPS) is 10.6. The number of aromatic nitrogens is 3. The summed E-state index contributed by atoms with van der Waals surface area (Å²) in [4.78, 5) is 24.3. The molecule has 2 aromatic carbocycles. The fourth-order valence-corrected chi connectivity index (χ4v) is 3.72. The Morgan fingerprint density at radius 3 is 2.44 bits per heavy atom. The molecule has 0 aliphatic heterocycles. The molecule has 168 valence electrons. The lowest BCUT2D eigenvalue weighted by Crippen LogP contribution is -2.42. The van der Waals surface area contributed by atoms with Crippen LogP contribution in [-0.4, -0.2) is 39.4 Å². The molecule has 0 aliphatic rings. The van der Waals surface area contributed by atoms with Crippen LogP contribution in [0.25, 0.3) is 11.4 Å². The van der Waals surface area contributed by atoms with Crippen LogP contribution in [0.4, 0.5) is 0 Å². The number of hydrogen-bond acceptors (Lipinski definition) is 6. The van der Waals surface area contributed by atoms with Gasteiger partial charge in [-0.1, -0.05) is 36.7 Å². The van der Waals surface area contributed by atoms with Gasteiger partial charge in [-0.05, 0) is 55.0 Å². The van der Waals surface area contributed by atoms with Crippen LogP contribution in [0, 0.1) is 0 Å². The van der Waals surface area contributed by atoms with Crippen molar-refractivity contribution in [2.45, 2.75) is 31.5 Å². The Labute approximate surface area is 195 Å². The molecule has 0 unspecified atom stereocenters. The predicted molar refractivity (Wildman–Crippen MR) is 125 cm³/mol. The van der Waals surface area contributed by atoms with E-state index >= 15 is 0 Å². The van der Waals surface area contributed by atoms with Crippen LogP contribution in [0.3, 0.4) is 0 Å². The molecule has 0 bridgehead atoms. The standard InChI is InChI=1S/C22H24ClN5O3S/c1-3-4-13-28-20(15-7-11-18(31-2)12-8-15)25-27-22(28)32-14-19(29)24-26-21(30)16-5-9-17(23)10-6-16/h5-12H,3-4,13-14H2,1-2H3,(H,24,29)(H,26,30). The molecule has 8 nitrogen and oxygen atoms in total. The van der Waals surface area contributed by atoms with E-state index in [1.54, 1.807) is 31.4 Å². The molecular weight excluding hydrogens is 450 g/mol. The molecule has 0 radical (unpaired) electrons. The number of rotatable bonds is 9. The zero-order valence-electron chi connectivity index (χ0n) is 17.8. The molecule has 0 aliphatic carbocycles. The number of ether oxygens (including phenoxy) is 1. The highest BCUT2D eigenvalue weighted by molar-refractivity contribution is 7.99. The summed E-state index contributed by atoms with van der Waals surface area (Å²) in [5, 5.41) is 9.78. The van der Waals surface area contributed by atoms with Crippen LogP contribution in [0.2, 0.25) is 5.02 Å². The van der Waals surface area contributed by atoms with Gasteiger partial charge in [-0.15, -0.1) is 10.2 Å². The Hall–Kier alpha value is -3.04. The van der Waals surface area contributed by atoms with Crippen molar-refractivity contribution in [1.29, 1.82) is 0 Å². The van der Waals surface area contributed by atoms with Crippen molar-refractivity contribution in [3.05, 3.63) is 59.1 Å². The maximum Gasteiger partial charge on any atom is 0.269 e. The lowest BCUT2D eigenvalue weighted by molar-refractivity contribution is -0.119. The number of methoxy groups -OCH3 is 1. The minimum absolute atomic E-state index is 0.0772. The van der Waals surface area contributed by atoms with Gasteiger partial charge in [-0.3, -0.25) is 20.4 Å². The van der Waals surface area contributed by atoms with Gasteiger partial charge in [0.15, 0.2) is 11.0 Å². The summed E-state index contributed by atoms with van der Waals surface area (Å²) in [6.45, 7) is 2.85. The van der Waals surface area contributed by atoms with Gasteiger partial charge in [0.2, 0.25) is 5.91 Å². The Kier molecular flexibility index (Phi) is 8.52. The van der Waals surface area contributed by atoms with E-state index < -0.39 is 5.91 Å². The topological polar surface area (TPSA) is 98.1 Å². The number of hydrazine groups is 1. The molecule has 32 heavy (non-hydrogen) atoms. The molecule has 1 heterocycles. The van der Waals surface area contributed by atoms with Crippen molar-refractivity contribution in [3.8, 4) is 17.1 Å². The predicted octanol–water partition coefficient (Wildman–Crippen LogP) is 3.96. The third kappa shape index (κ3) is 6.24. The van der Waals surface area contributed by atoms with Crippen molar-refractivity contribution < 1.29 is 14.3 Å². The van der Waals surface area contributed by atoms with E-state index in [2.05, 4.69) is 28.0 Å². The Bertz CT molecular complexity index is 1050. The first kappa shape index (κ1) is 23.6. The smallest absolute Gasteiger partial charge is 0.269 e. The highest BCUT2D eigenvalue weighted by Gasteiger charge is 2.16. The Balaban J connectivity index is 1.61. The van der Waals surface area contributed by atoms with Crippen molar-refractivity contribution in [3.63, 3.8) is 0 Å². The van der Waals surface area contributed by atoms with Gasteiger partial charge in [-0.2, -0.15) is 0 Å². The van der Waals surface area contributed by atoms with Gasteiger partial charge in [0.05, 0.1) is 12.9 Å². The third-order valence-electron chi connectivity index (χ3n) is 4.55. The summed E-state index contributed by atoms with van der Waals surface area (Å²) >= 11 is 7.08. The molecule has 2 amide bonds. The lowest BCUT2D eigenvalue weighted by Gasteiger charge is -2.10. The van der Waals surface area contributed by atoms with E-state index in [1.807, 2.05) is 28.8 Å². The van der Waals surface area contributed by atoms with E-state index in [9.17, 15) is 9.59 Å². The molecular formula is C22H24ClN5O3S. The SMILES string of the molecule is CCCCn1c(SCC(=O)NNC(=O)c2ccc(Cl)cc2)nnc1-c1ccc(OC)cc1. The fraction of sp³-hybridized carbons (Fsp3) is 0.273. The Morgan fingerprint density at radius 1 is 1.06 bits per heavy atom. The van der Waals surface area contributed by atoms with Crippen LogP contribution in [0.15, 0.2) is 53.7 Å². The lowest BCUT2D eigenvalue weighted by atomic mass is 10.2. The summed E-state index contributed by atoms with van der Waals surface area (Å²) in [7, 11) is 1.62. The van der Waals surface area contributed by atoms with Crippen molar-refractivity contribution in [2.24, 2.45) is 0 Å². The average Bonchev–Trinajstić information content (AvgIpc) is 3.22. The van der Waals surface area contributed by atoms with Crippen LogP contribution >= 0.6 is 23.4 Å². The van der Waals surface area contributed by atoms with Crippen molar-refractivity contribution in [2.75, 3.05) is 12.9 Å².